The maximum absolute atomic E-state index is 12.7. The maximum atomic E-state index is 12.7. The van der Waals surface area contributed by atoms with Gasteiger partial charge in [-0.2, -0.15) is 0 Å². The Morgan fingerprint density at radius 1 is 1.06 bits per heavy atom. The third kappa shape index (κ3) is 6.97. The molecule has 0 unspecified atom stereocenters. The van der Waals surface area contributed by atoms with Crippen molar-refractivity contribution in [2.75, 3.05) is 20.3 Å². The van der Waals surface area contributed by atoms with Crippen molar-refractivity contribution in [1.29, 1.82) is 0 Å². The Morgan fingerprint density at radius 3 is 2.26 bits per heavy atom. The van der Waals surface area contributed by atoms with Crippen LogP contribution in [0.15, 0.2) is 47.4 Å². The van der Waals surface area contributed by atoms with E-state index in [0.717, 1.165) is 0 Å². The van der Waals surface area contributed by atoms with Crippen LogP contribution in [0.2, 0.25) is 0 Å². The van der Waals surface area contributed by atoms with Gasteiger partial charge in [-0.3, -0.25) is 4.79 Å². The van der Waals surface area contributed by atoms with Gasteiger partial charge in [0.1, 0.15) is 18.1 Å². The monoisotopic (exact) mass is 448 g/mol. The average molecular weight is 449 g/mol. The van der Waals surface area contributed by atoms with Gasteiger partial charge in [-0.25, -0.2) is 13.1 Å². The normalized spacial score (nSPS) is 12.0. The number of methoxy groups -OCH3 is 1. The summed E-state index contributed by atoms with van der Waals surface area (Å²) >= 11 is 0. The molecule has 0 aliphatic heterocycles. The predicted molar refractivity (Wildman–Crippen MR) is 121 cm³/mol. The van der Waals surface area contributed by atoms with E-state index < -0.39 is 15.9 Å². The van der Waals surface area contributed by atoms with Gasteiger partial charge in [0.2, 0.25) is 10.0 Å². The Labute approximate surface area is 185 Å². The number of nitrogens with one attached hydrogen (secondary N) is 2. The number of hydrogen-bond acceptors (Lipinski definition) is 5. The largest absolute Gasteiger partial charge is 0.496 e. The van der Waals surface area contributed by atoms with E-state index >= 15 is 0 Å². The molecular weight excluding hydrogens is 416 g/mol. The van der Waals surface area contributed by atoms with Gasteiger partial charge in [0.25, 0.3) is 5.91 Å². The Balaban J connectivity index is 2.01. The SMILES string of the molecule is COc1ccc(S(=O)(=O)NCCOc2ccc(C(C)(C)C)cc2)cc1C(=O)NC(C)C. The van der Waals surface area contributed by atoms with Crippen molar-refractivity contribution in [1.82, 2.24) is 10.0 Å². The summed E-state index contributed by atoms with van der Waals surface area (Å²) in [4.78, 5) is 12.4. The molecular formula is C23H32N2O5S. The van der Waals surface area contributed by atoms with Crippen molar-refractivity contribution in [2.45, 2.75) is 51.0 Å². The zero-order valence-electron chi connectivity index (χ0n) is 19.0. The standard InChI is InChI=1S/C23H32N2O5S/c1-16(2)25-22(26)20-15-19(11-12-21(20)29-6)31(27,28)24-13-14-30-18-9-7-17(8-10-18)23(3,4)5/h7-12,15-16,24H,13-14H2,1-6H3,(H,25,26). The summed E-state index contributed by atoms with van der Waals surface area (Å²) in [5, 5.41) is 2.74. The number of hydrogen-bond donors (Lipinski definition) is 2. The van der Waals surface area contributed by atoms with Crippen molar-refractivity contribution < 1.29 is 22.7 Å². The van der Waals surface area contributed by atoms with Crippen molar-refractivity contribution in [3.63, 3.8) is 0 Å². The van der Waals surface area contributed by atoms with E-state index in [4.69, 9.17) is 9.47 Å². The number of carbonyl (C=O) groups excluding carboxylic acids is 1. The second-order valence-corrected chi connectivity index (χ2v) is 10.3. The Bertz CT molecular complexity index is 994. The highest BCUT2D eigenvalue weighted by Crippen LogP contribution is 2.24. The molecule has 0 spiro atoms. The second-order valence-electron chi connectivity index (χ2n) is 8.51. The maximum Gasteiger partial charge on any atom is 0.255 e. The van der Waals surface area contributed by atoms with Crippen LogP contribution in [0.5, 0.6) is 11.5 Å². The minimum atomic E-state index is -3.82. The summed E-state index contributed by atoms with van der Waals surface area (Å²) < 4.78 is 38.6. The predicted octanol–water partition coefficient (Wildman–Crippen LogP) is 3.49. The summed E-state index contributed by atoms with van der Waals surface area (Å²) in [6.45, 7) is 10.3. The van der Waals surface area contributed by atoms with E-state index in [-0.39, 0.29) is 35.1 Å². The number of ether oxygens (including phenoxy) is 2. The van der Waals surface area contributed by atoms with Crippen molar-refractivity contribution in [2.24, 2.45) is 0 Å². The first-order chi connectivity index (χ1) is 14.4. The highest BCUT2D eigenvalue weighted by Gasteiger charge is 2.20. The van der Waals surface area contributed by atoms with Gasteiger partial charge < -0.3 is 14.8 Å². The molecule has 0 fully saturated rings. The summed E-state index contributed by atoms with van der Waals surface area (Å²) in [7, 11) is -2.39. The fourth-order valence-corrected chi connectivity index (χ4v) is 3.89. The molecule has 0 aromatic heterocycles. The highest BCUT2D eigenvalue weighted by molar-refractivity contribution is 7.89. The van der Waals surface area contributed by atoms with E-state index in [1.165, 1.54) is 30.9 Å². The van der Waals surface area contributed by atoms with Gasteiger partial charge >= 0.3 is 0 Å². The molecule has 7 nitrogen and oxygen atoms in total. The molecule has 31 heavy (non-hydrogen) atoms. The lowest BCUT2D eigenvalue weighted by atomic mass is 9.87. The molecule has 0 saturated heterocycles. The first-order valence-electron chi connectivity index (χ1n) is 10.2. The first-order valence-corrected chi connectivity index (χ1v) is 11.6. The van der Waals surface area contributed by atoms with Crippen LogP contribution in [-0.4, -0.2) is 40.6 Å². The third-order valence-electron chi connectivity index (χ3n) is 4.53. The molecule has 0 radical (unpaired) electrons. The zero-order valence-corrected chi connectivity index (χ0v) is 19.8. The molecule has 0 aliphatic rings. The van der Waals surface area contributed by atoms with Crippen LogP contribution in [0.1, 0.15) is 50.5 Å². The Hall–Kier alpha value is -2.58. The van der Waals surface area contributed by atoms with Crippen molar-refractivity contribution in [3.8, 4) is 11.5 Å². The zero-order chi connectivity index (χ0) is 23.2. The van der Waals surface area contributed by atoms with Crippen LogP contribution in [0.25, 0.3) is 0 Å². The number of carbonyl (C=O) groups is 1. The number of amides is 1. The molecule has 2 aromatic carbocycles. The van der Waals surface area contributed by atoms with E-state index in [0.29, 0.717) is 11.5 Å². The van der Waals surface area contributed by atoms with E-state index in [1.807, 2.05) is 38.1 Å². The lowest BCUT2D eigenvalue weighted by Crippen LogP contribution is -2.31. The molecule has 0 aliphatic carbocycles. The molecule has 0 saturated carbocycles. The van der Waals surface area contributed by atoms with Crippen LogP contribution >= 0.6 is 0 Å². The number of rotatable bonds is 9. The highest BCUT2D eigenvalue weighted by atomic mass is 32.2. The summed E-state index contributed by atoms with van der Waals surface area (Å²) in [6, 6.07) is 11.8. The lowest BCUT2D eigenvalue weighted by molar-refractivity contribution is 0.0940. The molecule has 0 atom stereocenters. The topological polar surface area (TPSA) is 93.7 Å². The van der Waals surface area contributed by atoms with Crippen LogP contribution in [0, 0.1) is 0 Å². The van der Waals surface area contributed by atoms with Crippen LogP contribution < -0.4 is 19.5 Å². The van der Waals surface area contributed by atoms with E-state index in [9.17, 15) is 13.2 Å². The smallest absolute Gasteiger partial charge is 0.255 e. The minimum Gasteiger partial charge on any atom is -0.496 e. The molecule has 1 amide bonds. The third-order valence-corrected chi connectivity index (χ3v) is 5.99. The Kier molecular flexibility index (Phi) is 8.08. The molecule has 2 rings (SSSR count). The minimum absolute atomic E-state index is 0.0169. The molecule has 2 aromatic rings. The van der Waals surface area contributed by atoms with Crippen LogP contribution in [0.4, 0.5) is 0 Å². The van der Waals surface area contributed by atoms with Crippen LogP contribution in [-0.2, 0) is 15.4 Å². The fraction of sp³-hybridized carbons (Fsp3) is 0.435. The van der Waals surface area contributed by atoms with Crippen molar-refractivity contribution >= 4 is 15.9 Å². The summed E-state index contributed by atoms with van der Waals surface area (Å²) in [6.07, 6.45) is 0. The number of sulfonamides is 1. The van der Waals surface area contributed by atoms with Gasteiger partial charge in [-0.15, -0.1) is 0 Å². The van der Waals surface area contributed by atoms with Gasteiger partial charge in [0.05, 0.1) is 17.6 Å². The molecule has 8 heteroatoms. The Morgan fingerprint density at radius 2 is 1.71 bits per heavy atom. The number of benzene rings is 2. The van der Waals surface area contributed by atoms with Gasteiger partial charge in [-0.05, 0) is 55.2 Å². The second kappa shape index (κ2) is 10.2. The lowest BCUT2D eigenvalue weighted by Gasteiger charge is -2.19. The molecule has 2 N–H and O–H groups in total. The van der Waals surface area contributed by atoms with Crippen LogP contribution in [0.3, 0.4) is 0 Å². The van der Waals surface area contributed by atoms with Gasteiger partial charge in [0.15, 0.2) is 0 Å². The molecule has 0 bridgehead atoms. The quantitative estimate of drug-likeness (QED) is 0.573. The first kappa shape index (κ1) is 24.7. The average Bonchev–Trinajstić information content (AvgIpc) is 2.70. The summed E-state index contributed by atoms with van der Waals surface area (Å²) in [5.74, 6) is 0.578. The van der Waals surface area contributed by atoms with Gasteiger partial charge in [0, 0.05) is 12.6 Å². The fourth-order valence-electron chi connectivity index (χ4n) is 2.85. The molecule has 170 valence electrons. The van der Waals surface area contributed by atoms with E-state index in [1.54, 1.807) is 0 Å². The van der Waals surface area contributed by atoms with Crippen molar-refractivity contribution in [3.05, 3.63) is 53.6 Å². The summed E-state index contributed by atoms with van der Waals surface area (Å²) in [5.41, 5.74) is 1.41. The van der Waals surface area contributed by atoms with Gasteiger partial charge in [-0.1, -0.05) is 32.9 Å². The van der Waals surface area contributed by atoms with E-state index in [2.05, 4.69) is 30.8 Å². The molecule has 0 heterocycles.